The molecule has 0 unspecified atom stereocenters. The number of nitrogens with zero attached hydrogens (tertiary/aromatic N) is 3. The molecule has 2 atom stereocenters. The molecule has 0 saturated heterocycles. The molecule has 0 aromatic heterocycles. The highest BCUT2D eigenvalue weighted by atomic mass is 32.2. The Labute approximate surface area is 258 Å². The molecule has 11 nitrogen and oxygen atoms in total. The number of carbonyl (C=O) groups excluding carboxylic acids is 3. The van der Waals surface area contributed by atoms with Crippen LogP contribution in [0.2, 0.25) is 0 Å². The van der Waals surface area contributed by atoms with Gasteiger partial charge in [0.2, 0.25) is 18.6 Å². The quantitative estimate of drug-likeness (QED) is 0.341. The molecule has 3 aliphatic rings. The first-order valence-electron chi connectivity index (χ1n) is 14.3. The number of ether oxygens (including phenoxy) is 3. The van der Waals surface area contributed by atoms with E-state index in [1.54, 1.807) is 25.3 Å². The molecule has 0 saturated carbocycles. The number of benzene rings is 3. The Bertz CT molecular complexity index is 1660. The molecule has 44 heavy (non-hydrogen) atoms. The van der Waals surface area contributed by atoms with Gasteiger partial charge in [-0.1, -0.05) is 43.0 Å². The average Bonchev–Trinajstić information content (AvgIpc) is 3.65. The summed E-state index contributed by atoms with van der Waals surface area (Å²) in [5.41, 5.74) is 2.92. The lowest BCUT2D eigenvalue weighted by Crippen LogP contribution is -2.42. The molecule has 6 rings (SSSR count). The van der Waals surface area contributed by atoms with Crippen molar-refractivity contribution in [2.45, 2.75) is 44.0 Å². The van der Waals surface area contributed by atoms with E-state index in [0.717, 1.165) is 16.9 Å². The van der Waals surface area contributed by atoms with Crippen molar-refractivity contribution in [3.8, 4) is 17.2 Å². The molecule has 3 aromatic carbocycles. The lowest BCUT2D eigenvalue weighted by atomic mass is 10.1. The molecule has 3 aliphatic heterocycles. The van der Waals surface area contributed by atoms with Gasteiger partial charge < -0.3 is 24.8 Å². The minimum absolute atomic E-state index is 0.133. The zero-order chi connectivity index (χ0) is 30.6. The number of amides is 3. The Morgan fingerprint density at radius 3 is 2.68 bits per heavy atom. The molecule has 3 amide bonds. The maximum absolute atomic E-state index is 13.7. The van der Waals surface area contributed by atoms with Crippen LogP contribution in [-0.2, 0) is 20.9 Å². The predicted molar refractivity (Wildman–Crippen MR) is 168 cm³/mol. The van der Waals surface area contributed by atoms with E-state index in [-0.39, 0.29) is 37.4 Å². The lowest BCUT2D eigenvalue weighted by Gasteiger charge is -2.27. The van der Waals surface area contributed by atoms with E-state index >= 15 is 0 Å². The summed E-state index contributed by atoms with van der Waals surface area (Å²) in [5, 5.41) is 5.68. The van der Waals surface area contributed by atoms with Crippen LogP contribution in [0.5, 0.6) is 17.2 Å². The number of amidine groups is 2. The molecule has 12 heteroatoms. The van der Waals surface area contributed by atoms with Gasteiger partial charge in [0.05, 0.1) is 18.0 Å². The van der Waals surface area contributed by atoms with E-state index < -0.39 is 11.3 Å². The zero-order valence-electron chi connectivity index (χ0n) is 24.2. The maximum atomic E-state index is 13.7. The minimum Gasteiger partial charge on any atom is -0.497 e. The topological polar surface area (TPSA) is 131 Å². The smallest absolute Gasteiger partial charge is 0.259 e. The first kappa shape index (κ1) is 29.2. The molecule has 3 heterocycles. The molecule has 0 bridgehead atoms. The zero-order valence-corrected chi connectivity index (χ0v) is 25.1. The van der Waals surface area contributed by atoms with Gasteiger partial charge in [0, 0.05) is 30.3 Å². The SMILES string of the molecule is CC[C@H](SC1=Nc2ccccc2C2=N[C@H](CCC(=O)NCc3ccc(OC)cc3)C(=O)N12)C(=O)Nc1ccc2c(c1)OCO2. The molecule has 0 spiro atoms. The van der Waals surface area contributed by atoms with Crippen LogP contribution in [0.4, 0.5) is 11.4 Å². The van der Waals surface area contributed by atoms with Crippen LogP contribution in [-0.4, -0.2) is 58.8 Å². The van der Waals surface area contributed by atoms with Crippen LogP contribution < -0.4 is 24.8 Å². The summed E-state index contributed by atoms with van der Waals surface area (Å²) in [6.07, 6.45) is 0.872. The number of aliphatic imine (C=N–C) groups is 2. The van der Waals surface area contributed by atoms with Crippen molar-refractivity contribution >= 4 is 51.9 Å². The number of thioether (sulfide) groups is 1. The Balaban J connectivity index is 1.13. The number of methoxy groups -OCH3 is 1. The fourth-order valence-electron chi connectivity index (χ4n) is 5.02. The van der Waals surface area contributed by atoms with E-state index in [1.807, 2.05) is 55.5 Å². The Kier molecular flexibility index (Phi) is 8.51. The average molecular weight is 614 g/mol. The van der Waals surface area contributed by atoms with Gasteiger partial charge >= 0.3 is 0 Å². The second-order valence-electron chi connectivity index (χ2n) is 10.3. The van der Waals surface area contributed by atoms with Gasteiger partial charge in [0.1, 0.15) is 17.6 Å². The van der Waals surface area contributed by atoms with Crippen LogP contribution in [0.15, 0.2) is 76.7 Å². The largest absolute Gasteiger partial charge is 0.497 e. The first-order chi connectivity index (χ1) is 21.4. The van der Waals surface area contributed by atoms with Crippen molar-refractivity contribution in [2.24, 2.45) is 9.98 Å². The Hall–Kier alpha value is -4.84. The second kappa shape index (κ2) is 12.8. The lowest BCUT2D eigenvalue weighted by molar-refractivity contribution is -0.125. The summed E-state index contributed by atoms with van der Waals surface area (Å²) in [7, 11) is 1.60. The number of hydrogen-bond acceptors (Lipinski definition) is 9. The summed E-state index contributed by atoms with van der Waals surface area (Å²) in [6, 6.07) is 19.4. The molecule has 0 radical (unpaired) electrons. The maximum Gasteiger partial charge on any atom is 0.259 e. The van der Waals surface area contributed by atoms with Crippen molar-refractivity contribution in [3.63, 3.8) is 0 Å². The van der Waals surface area contributed by atoms with Crippen molar-refractivity contribution in [1.82, 2.24) is 10.2 Å². The van der Waals surface area contributed by atoms with Crippen molar-refractivity contribution in [1.29, 1.82) is 0 Å². The van der Waals surface area contributed by atoms with Gasteiger partial charge in [-0.3, -0.25) is 19.4 Å². The summed E-state index contributed by atoms with van der Waals surface area (Å²) in [5.74, 6) is 1.76. The molecular weight excluding hydrogens is 582 g/mol. The van der Waals surface area contributed by atoms with Crippen molar-refractivity contribution in [3.05, 3.63) is 77.9 Å². The monoisotopic (exact) mass is 613 g/mol. The Morgan fingerprint density at radius 1 is 1.09 bits per heavy atom. The van der Waals surface area contributed by atoms with E-state index in [1.165, 1.54) is 16.7 Å². The number of rotatable bonds is 10. The number of fused-ring (bicyclic) bond motifs is 4. The highest BCUT2D eigenvalue weighted by molar-refractivity contribution is 8.15. The second-order valence-corrected chi connectivity index (χ2v) is 11.5. The van der Waals surface area contributed by atoms with E-state index in [9.17, 15) is 14.4 Å². The van der Waals surface area contributed by atoms with E-state index in [0.29, 0.717) is 46.8 Å². The normalized spacial score (nSPS) is 16.8. The van der Waals surface area contributed by atoms with Crippen molar-refractivity contribution < 1.29 is 28.6 Å². The molecule has 226 valence electrons. The third-order valence-electron chi connectivity index (χ3n) is 7.39. The molecule has 2 N–H and O–H groups in total. The first-order valence-corrected chi connectivity index (χ1v) is 15.2. The van der Waals surface area contributed by atoms with Gasteiger partial charge in [0.15, 0.2) is 16.7 Å². The number of anilines is 1. The van der Waals surface area contributed by atoms with Crippen LogP contribution in [0.3, 0.4) is 0 Å². The molecule has 0 fully saturated rings. The fraction of sp³-hybridized carbons (Fsp3) is 0.281. The molecule has 3 aromatic rings. The van der Waals surface area contributed by atoms with Gasteiger partial charge in [-0.15, -0.1) is 0 Å². The number of hydrogen-bond donors (Lipinski definition) is 2. The van der Waals surface area contributed by atoms with Crippen LogP contribution in [0.1, 0.15) is 37.3 Å². The Morgan fingerprint density at radius 2 is 1.89 bits per heavy atom. The summed E-state index contributed by atoms with van der Waals surface area (Å²) in [4.78, 5) is 50.7. The van der Waals surface area contributed by atoms with Crippen LogP contribution >= 0.6 is 11.8 Å². The fourth-order valence-corrected chi connectivity index (χ4v) is 6.04. The third kappa shape index (κ3) is 6.11. The summed E-state index contributed by atoms with van der Waals surface area (Å²) < 4.78 is 15.9. The van der Waals surface area contributed by atoms with E-state index in [4.69, 9.17) is 24.2 Å². The predicted octanol–water partition coefficient (Wildman–Crippen LogP) is 4.63. The van der Waals surface area contributed by atoms with E-state index in [2.05, 4.69) is 10.6 Å². The van der Waals surface area contributed by atoms with Gasteiger partial charge in [-0.05, 0) is 54.8 Å². The molecule has 0 aliphatic carbocycles. The molecular formula is C32H31N5O6S. The van der Waals surface area contributed by atoms with Crippen molar-refractivity contribution in [2.75, 3.05) is 19.2 Å². The highest BCUT2D eigenvalue weighted by Crippen LogP contribution is 2.37. The van der Waals surface area contributed by atoms with Crippen LogP contribution in [0.25, 0.3) is 0 Å². The van der Waals surface area contributed by atoms with Gasteiger partial charge in [-0.25, -0.2) is 9.89 Å². The van der Waals surface area contributed by atoms with Gasteiger partial charge in [0.25, 0.3) is 5.91 Å². The number of carbonyl (C=O) groups is 3. The summed E-state index contributed by atoms with van der Waals surface area (Å²) in [6.45, 7) is 2.42. The minimum atomic E-state index is -0.740. The standard InChI is InChI=1S/C32H31N5O6S/c1-3-27(30(39)34-20-10-14-25-26(16-20)43-18-42-25)44-32-36-23-7-5-4-6-22(23)29-35-24(31(40)37(29)32)13-15-28(38)33-17-19-8-11-21(41-2)12-9-19/h4-12,14,16,24,27H,3,13,15,17-18H2,1-2H3,(H,33,38)(H,34,39)/t24-,27+/m1/s1. The summed E-state index contributed by atoms with van der Waals surface area (Å²) >= 11 is 1.22. The third-order valence-corrected chi connectivity index (χ3v) is 8.71. The number of nitrogens with one attached hydrogen (secondary N) is 2. The van der Waals surface area contributed by atoms with Crippen LogP contribution in [0, 0.1) is 0 Å². The van der Waals surface area contributed by atoms with Gasteiger partial charge in [-0.2, -0.15) is 0 Å². The number of para-hydroxylation sites is 1. The highest BCUT2D eigenvalue weighted by Gasteiger charge is 2.42.